The minimum absolute atomic E-state index is 0.483. The Hall–Kier alpha value is -1.94. The summed E-state index contributed by atoms with van der Waals surface area (Å²) in [7, 11) is 0. The quantitative estimate of drug-likeness (QED) is 0.831. The van der Waals surface area contributed by atoms with Crippen molar-refractivity contribution in [2.45, 2.75) is 26.4 Å². The summed E-state index contributed by atoms with van der Waals surface area (Å²) in [4.78, 5) is 0. The van der Waals surface area contributed by atoms with E-state index in [1.807, 2.05) is 24.3 Å². The van der Waals surface area contributed by atoms with Crippen LogP contribution in [0.5, 0.6) is 5.75 Å². The van der Waals surface area contributed by atoms with Crippen LogP contribution in [-0.2, 0) is 13.1 Å². The van der Waals surface area contributed by atoms with Crippen LogP contribution in [0.4, 0.5) is 8.78 Å². The van der Waals surface area contributed by atoms with Crippen molar-refractivity contribution in [3.63, 3.8) is 0 Å². The molecular formula is C17H19F2NO. The lowest BCUT2D eigenvalue weighted by Crippen LogP contribution is -2.13. The molecule has 0 fully saturated rings. The van der Waals surface area contributed by atoms with Gasteiger partial charge >= 0.3 is 0 Å². The van der Waals surface area contributed by atoms with Gasteiger partial charge < -0.3 is 10.1 Å². The van der Waals surface area contributed by atoms with E-state index in [0.717, 1.165) is 23.8 Å². The van der Waals surface area contributed by atoms with Crippen LogP contribution in [0.1, 0.15) is 24.5 Å². The Labute approximate surface area is 123 Å². The Kier molecular flexibility index (Phi) is 5.69. The second-order valence-electron chi connectivity index (χ2n) is 4.85. The van der Waals surface area contributed by atoms with Gasteiger partial charge in [-0.3, -0.25) is 0 Å². The van der Waals surface area contributed by atoms with E-state index >= 15 is 0 Å². The summed E-state index contributed by atoms with van der Waals surface area (Å²) in [6, 6.07) is 11.8. The normalized spacial score (nSPS) is 10.6. The van der Waals surface area contributed by atoms with Crippen LogP contribution in [0.25, 0.3) is 0 Å². The molecule has 2 aromatic rings. The molecule has 2 nitrogen and oxygen atoms in total. The summed E-state index contributed by atoms with van der Waals surface area (Å²) in [5.41, 5.74) is 1.80. The average molecular weight is 291 g/mol. The van der Waals surface area contributed by atoms with Gasteiger partial charge in [-0.25, -0.2) is 8.78 Å². The molecule has 0 unspecified atom stereocenters. The highest BCUT2D eigenvalue weighted by atomic mass is 19.2. The standard InChI is InChI=1S/C17H19F2NO/c1-2-8-21-15-5-3-4-13(9-15)11-20-12-14-6-7-16(18)17(19)10-14/h3-7,9-10,20H,2,8,11-12H2,1H3. The number of halogens is 2. The number of ether oxygens (including phenoxy) is 1. The summed E-state index contributed by atoms with van der Waals surface area (Å²) in [5.74, 6) is -0.784. The number of hydrogen-bond donors (Lipinski definition) is 1. The molecule has 0 amide bonds. The van der Waals surface area contributed by atoms with E-state index < -0.39 is 11.6 Å². The van der Waals surface area contributed by atoms with E-state index in [-0.39, 0.29) is 0 Å². The smallest absolute Gasteiger partial charge is 0.159 e. The number of nitrogens with one attached hydrogen (secondary N) is 1. The molecule has 0 aliphatic rings. The third-order valence-electron chi connectivity index (χ3n) is 3.01. The Bertz CT molecular complexity index is 587. The predicted molar refractivity (Wildman–Crippen MR) is 79.1 cm³/mol. The molecule has 0 bridgehead atoms. The number of rotatable bonds is 7. The maximum Gasteiger partial charge on any atom is 0.159 e. The molecule has 0 saturated heterocycles. The summed E-state index contributed by atoms with van der Waals surface area (Å²) < 4.78 is 31.5. The lowest BCUT2D eigenvalue weighted by molar-refractivity contribution is 0.317. The summed E-state index contributed by atoms with van der Waals surface area (Å²) in [6.45, 7) is 3.89. The Balaban J connectivity index is 1.86. The fourth-order valence-corrected chi connectivity index (χ4v) is 1.97. The topological polar surface area (TPSA) is 21.3 Å². The highest BCUT2D eigenvalue weighted by Gasteiger charge is 2.02. The van der Waals surface area contributed by atoms with E-state index in [1.165, 1.54) is 6.07 Å². The molecule has 0 aliphatic heterocycles. The molecule has 0 atom stereocenters. The van der Waals surface area contributed by atoms with Crippen LogP contribution in [0.2, 0.25) is 0 Å². The van der Waals surface area contributed by atoms with Gasteiger partial charge in [0.1, 0.15) is 5.75 Å². The summed E-state index contributed by atoms with van der Waals surface area (Å²) >= 11 is 0. The zero-order valence-corrected chi connectivity index (χ0v) is 12.0. The van der Waals surface area contributed by atoms with Crippen molar-refractivity contribution in [3.8, 4) is 5.75 Å². The molecule has 21 heavy (non-hydrogen) atoms. The van der Waals surface area contributed by atoms with Crippen molar-refractivity contribution in [2.24, 2.45) is 0 Å². The van der Waals surface area contributed by atoms with Gasteiger partial charge in [-0.1, -0.05) is 25.1 Å². The zero-order chi connectivity index (χ0) is 15.1. The van der Waals surface area contributed by atoms with E-state index in [1.54, 1.807) is 6.07 Å². The maximum atomic E-state index is 13.1. The first kappa shape index (κ1) is 15.4. The van der Waals surface area contributed by atoms with Gasteiger partial charge in [-0.15, -0.1) is 0 Å². The van der Waals surface area contributed by atoms with Crippen molar-refractivity contribution >= 4 is 0 Å². The van der Waals surface area contributed by atoms with Crippen molar-refractivity contribution in [1.82, 2.24) is 5.32 Å². The molecule has 2 aromatic carbocycles. The van der Waals surface area contributed by atoms with Crippen LogP contribution < -0.4 is 10.1 Å². The molecule has 0 aromatic heterocycles. The third-order valence-corrected chi connectivity index (χ3v) is 3.01. The molecule has 0 heterocycles. The lowest BCUT2D eigenvalue weighted by atomic mass is 10.2. The second kappa shape index (κ2) is 7.74. The second-order valence-corrected chi connectivity index (χ2v) is 4.85. The monoisotopic (exact) mass is 291 g/mol. The Morgan fingerprint density at radius 1 is 0.952 bits per heavy atom. The summed E-state index contributed by atoms with van der Waals surface area (Å²) in [5, 5.41) is 3.20. The zero-order valence-electron chi connectivity index (χ0n) is 12.0. The molecule has 0 saturated carbocycles. The van der Waals surface area contributed by atoms with E-state index in [0.29, 0.717) is 25.3 Å². The van der Waals surface area contributed by atoms with Crippen molar-refractivity contribution in [1.29, 1.82) is 0 Å². The third kappa shape index (κ3) is 4.83. The van der Waals surface area contributed by atoms with E-state index in [2.05, 4.69) is 12.2 Å². The van der Waals surface area contributed by atoms with Crippen molar-refractivity contribution in [2.75, 3.05) is 6.61 Å². The first-order valence-electron chi connectivity index (χ1n) is 7.05. The first-order valence-corrected chi connectivity index (χ1v) is 7.05. The van der Waals surface area contributed by atoms with Gasteiger partial charge in [0.25, 0.3) is 0 Å². The van der Waals surface area contributed by atoms with Crippen molar-refractivity contribution in [3.05, 3.63) is 65.2 Å². The minimum atomic E-state index is -0.820. The number of benzene rings is 2. The van der Waals surface area contributed by atoms with Crippen LogP contribution in [-0.4, -0.2) is 6.61 Å². The van der Waals surface area contributed by atoms with Crippen LogP contribution in [0.3, 0.4) is 0 Å². The predicted octanol–water partition coefficient (Wildman–Crippen LogP) is 4.04. The Morgan fingerprint density at radius 3 is 2.43 bits per heavy atom. The average Bonchev–Trinajstić information content (AvgIpc) is 2.49. The maximum absolute atomic E-state index is 13.1. The summed E-state index contributed by atoms with van der Waals surface area (Å²) in [6.07, 6.45) is 0.971. The Morgan fingerprint density at radius 2 is 1.71 bits per heavy atom. The van der Waals surface area contributed by atoms with Gasteiger partial charge in [0.05, 0.1) is 6.61 Å². The molecule has 112 valence electrons. The first-order chi connectivity index (χ1) is 10.2. The van der Waals surface area contributed by atoms with Gasteiger partial charge in [-0.05, 0) is 41.8 Å². The molecule has 0 spiro atoms. The molecule has 2 rings (SSSR count). The highest BCUT2D eigenvalue weighted by Crippen LogP contribution is 2.14. The molecule has 0 radical (unpaired) electrons. The molecule has 1 N–H and O–H groups in total. The van der Waals surface area contributed by atoms with E-state index in [9.17, 15) is 8.78 Å². The van der Waals surface area contributed by atoms with Crippen LogP contribution >= 0.6 is 0 Å². The fourth-order valence-electron chi connectivity index (χ4n) is 1.97. The fraction of sp³-hybridized carbons (Fsp3) is 0.294. The molecular weight excluding hydrogens is 272 g/mol. The van der Waals surface area contributed by atoms with Gasteiger partial charge in [-0.2, -0.15) is 0 Å². The van der Waals surface area contributed by atoms with Crippen LogP contribution in [0.15, 0.2) is 42.5 Å². The molecule has 0 aliphatic carbocycles. The molecule has 4 heteroatoms. The minimum Gasteiger partial charge on any atom is -0.494 e. The lowest BCUT2D eigenvalue weighted by Gasteiger charge is -2.08. The largest absolute Gasteiger partial charge is 0.494 e. The highest BCUT2D eigenvalue weighted by molar-refractivity contribution is 5.28. The SMILES string of the molecule is CCCOc1cccc(CNCc2ccc(F)c(F)c2)c1. The number of hydrogen-bond acceptors (Lipinski definition) is 2. The van der Waals surface area contributed by atoms with Crippen LogP contribution in [0, 0.1) is 11.6 Å². The van der Waals surface area contributed by atoms with E-state index in [4.69, 9.17) is 4.74 Å². The van der Waals surface area contributed by atoms with Gasteiger partial charge in [0.15, 0.2) is 11.6 Å². The van der Waals surface area contributed by atoms with Gasteiger partial charge in [0.2, 0.25) is 0 Å². The van der Waals surface area contributed by atoms with Crippen molar-refractivity contribution < 1.29 is 13.5 Å². The van der Waals surface area contributed by atoms with Gasteiger partial charge in [0, 0.05) is 13.1 Å².